The fourth-order valence-corrected chi connectivity index (χ4v) is 11.7. The Kier molecular flexibility index (Phi) is 19.5. The quantitative estimate of drug-likeness (QED) is 0.0325. The minimum absolute atomic E-state index is 0.0346. The second-order valence-electron chi connectivity index (χ2n) is 22.0. The molecule has 0 radical (unpaired) electrons. The lowest BCUT2D eigenvalue weighted by atomic mass is 9.93. The summed E-state index contributed by atoms with van der Waals surface area (Å²) in [4.78, 5) is 113. The molecule has 2 aliphatic heterocycles. The topological polar surface area (TPSA) is 214 Å². The zero-order valence-corrected chi connectivity index (χ0v) is 47.1. The number of ketones is 2. The highest BCUT2D eigenvalue weighted by Crippen LogP contribution is 2.44. The minimum Gasteiger partial charge on any atom is -0.449 e. The van der Waals surface area contributed by atoms with Gasteiger partial charge in [0.25, 0.3) is 0 Å². The van der Waals surface area contributed by atoms with Crippen molar-refractivity contribution in [2.45, 2.75) is 140 Å². The maximum atomic E-state index is 14.7. The van der Waals surface area contributed by atoms with Crippen LogP contribution in [0.25, 0.3) is 22.0 Å². The van der Waals surface area contributed by atoms with Gasteiger partial charge in [-0.15, -0.1) is 0 Å². The molecule has 2 unspecified atom stereocenters. The van der Waals surface area contributed by atoms with Gasteiger partial charge in [-0.1, -0.05) is 161 Å². The Labute approximate surface area is 479 Å². The highest BCUT2D eigenvalue weighted by Gasteiger charge is 2.41. The van der Waals surface area contributed by atoms with Crippen molar-refractivity contribution in [2.75, 3.05) is 19.7 Å². The molecule has 6 atom stereocenters. The van der Waals surface area contributed by atoms with Gasteiger partial charge in [-0.2, -0.15) is 0 Å². The fraction of sp³-hybridized carbons (Fsp3) is 0.394. The molecule has 5 aromatic carbocycles. The molecule has 5 N–H and O–H groups in total. The van der Waals surface area contributed by atoms with Crippen molar-refractivity contribution in [3.05, 3.63) is 167 Å². The first-order valence-electron chi connectivity index (χ1n) is 29.2. The summed E-state index contributed by atoms with van der Waals surface area (Å²) in [6.45, 7) is 6.49. The van der Waals surface area contributed by atoms with Gasteiger partial charge in [0.15, 0.2) is 5.78 Å². The molecule has 3 heterocycles. The van der Waals surface area contributed by atoms with E-state index < -0.39 is 59.9 Å². The molecule has 16 heteroatoms. The Balaban J connectivity index is 0.925. The van der Waals surface area contributed by atoms with Crippen LogP contribution in [0.5, 0.6) is 0 Å². The smallest absolute Gasteiger partial charge is 0.407 e. The van der Waals surface area contributed by atoms with E-state index >= 15 is 0 Å². The highest BCUT2D eigenvalue weighted by atomic mass is 16.5. The third-order valence-electron chi connectivity index (χ3n) is 16.6. The van der Waals surface area contributed by atoms with Gasteiger partial charge < -0.3 is 40.8 Å². The number of carbonyl (C=O) groups excluding carboxylic acids is 8. The number of fused-ring (bicyclic) bond motifs is 5. The van der Waals surface area contributed by atoms with Crippen LogP contribution >= 0.6 is 0 Å². The van der Waals surface area contributed by atoms with Crippen molar-refractivity contribution in [2.24, 2.45) is 5.92 Å². The van der Waals surface area contributed by atoms with E-state index in [1.54, 1.807) is 53.4 Å². The van der Waals surface area contributed by atoms with Crippen molar-refractivity contribution < 1.29 is 43.1 Å². The first-order chi connectivity index (χ1) is 39.8. The predicted octanol–water partition coefficient (Wildman–Crippen LogP) is 8.51. The van der Waals surface area contributed by atoms with Crippen LogP contribution in [-0.2, 0) is 52.9 Å². The van der Waals surface area contributed by atoms with Gasteiger partial charge in [-0.3, -0.25) is 33.6 Å². The molecule has 1 aliphatic carbocycles. The lowest BCUT2D eigenvalue weighted by Crippen LogP contribution is -2.64. The Morgan fingerprint density at radius 1 is 0.707 bits per heavy atom. The number of Topliss-reactive ketones (excluding diaryl/α,β-unsaturated/α-hetero) is 1. The van der Waals surface area contributed by atoms with Crippen molar-refractivity contribution in [3.63, 3.8) is 0 Å². The van der Waals surface area contributed by atoms with Crippen molar-refractivity contribution in [3.8, 4) is 11.1 Å². The number of ether oxygens (including phenoxy) is 1. The molecule has 0 saturated carbocycles. The van der Waals surface area contributed by atoms with E-state index in [4.69, 9.17) is 4.74 Å². The van der Waals surface area contributed by atoms with E-state index in [0.717, 1.165) is 45.1 Å². The van der Waals surface area contributed by atoms with Crippen LogP contribution in [-0.4, -0.2) is 107 Å². The number of aromatic nitrogens is 1. The summed E-state index contributed by atoms with van der Waals surface area (Å²) in [7, 11) is 0. The summed E-state index contributed by atoms with van der Waals surface area (Å²) in [5, 5.41) is 15.7. The standard InChI is InChI=1S/C66H75N7O9/c1-4-42(3)59-65(80)73-36-19-18-30-58(73)64(79)68-54(28-11-7-10-22-47(74)5-2)62(77)69-56(63(78)71-59)39-46-40-72(57-29-17-16-23-48(46)57)37-35-67-61(76)55(38-43-31-33-45(34-32-43)60(75)44-20-8-6-9-21-44)70-66(81)82-41-53-51-26-14-12-24-49(51)50-25-13-15-27-52(50)53/h6,8-9,12-17,20-21,23-27,29,31-34,40,42,53-56,58-59H,4-5,7,10-11,18-19,22,28,30,35-39,41H2,1-3H3,(H,67,76)(H,68,79)(H,69,77)(H,70,81)(H,71,78)/t42?,54-,55-,56-,58?,59-/m0/s1. The first-order valence-corrected chi connectivity index (χ1v) is 29.2. The number of unbranched alkanes of at least 4 members (excludes halogenated alkanes) is 2. The number of rotatable bonds is 22. The number of benzene rings is 5. The molecule has 3 aliphatic rings. The minimum atomic E-state index is -1.15. The highest BCUT2D eigenvalue weighted by molar-refractivity contribution is 6.09. The molecule has 428 valence electrons. The number of carbonyl (C=O) groups is 8. The van der Waals surface area contributed by atoms with Gasteiger partial charge in [0.2, 0.25) is 29.5 Å². The molecule has 16 nitrogen and oxygen atoms in total. The Bertz CT molecular complexity index is 3240. The fourth-order valence-electron chi connectivity index (χ4n) is 11.7. The maximum Gasteiger partial charge on any atom is 0.407 e. The third-order valence-corrected chi connectivity index (χ3v) is 16.6. The molecule has 6 aromatic rings. The number of piperidine rings is 1. The van der Waals surface area contributed by atoms with Gasteiger partial charge >= 0.3 is 6.09 Å². The van der Waals surface area contributed by atoms with E-state index in [1.807, 2.05) is 98.3 Å². The number of para-hydroxylation sites is 1. The van der Waals surface area contributed by atoms with E-state index in [1.165, 1.54) is 0 Å². The summed E-state index contributed by atoms with van der Waals surface area (Å²) in [5.74, 6) is -2.68. The number of hydrogen-bond acceptors (Lipinski definition) is 9. The van der Waals surface area contributed by atoms with Gasteiger partial charge in [0.1, 0.15) is 42.6 Å². The number of nitrogens with zero attached hydrogens (tertiary/aromatic N) is 2. The largest absolute Gasteiger partial charge is 0.449 e. The van der Waals surface area contributed by atoms with Crippen LogP contribution in [0.15, 0.2) is 134 Å². The molecule has 2 fully saturated rings. The lowest BCUT2D eigenvalue weighted by Gasteiger charge is -2.39. The predicted molar refractivity (Wildman–Crippen MR) is 314 cm³/mol. The van der Waals surface area contributed by atoms with E-state index in [2.05, 4.69) is 38.7 Å². The van der Waals surface area contributed by atoms with Crippen molar-refractivity contribution in [1.82, 2.24) is 36.1 Å². The van der Waals surface area contributed by atoms with E-state index in [9.17, 15) is 38.4 Å². The summed E-state index contributed by atoms with van der Waals surface area (Å²) >= 11 is 0. The number of alkyl carbamates (subject to hydrolysis) is 1. The lowest BCUT2D eigenvalue weighted by molar-refractivity contribution is -0.147. The molecule has 0 spiro atoms. The SMILES string of the molecule is CCC(=O)CCCCC[C@@H]1NC(=O)C2CCCCN2C(=O)[C@H](C(C)CC)NC(=O)[C@H](Cc2cn(CCNC(=O)[C@H](Cc3ccc(C(=O)c4ccccc4)cc3)NC(=O)OCC3c4ccccc4-c4ccccc43)c3ccccc23)NC1=O. The second kappa shape index (κ2) is 27.4. The zero-order valence-electron chi connectivity index (χ0n) is 47.1. The van der Waals surface area contributed by atoms with Crippen LogP contribution in [0.3, 0.4) is 0 Å². The molecule has 1 aromatic heterocycles. The molecule has 9 rings (SSSR count). The van der Waals surface area contributed by atoms with Crippen molar-refractivity contribution >= 4 is 58.1 Å². The Morgan fingerprint density at radius 3 is 2.09 bits per heavy atom. The maximum absolute atomic E-state index is 14.7. The van der Waals surface area contributed by atoms with E-state index in [-0.39, 0.29) is 68.3 Å². The average molecular weight is 1110 g/mol. The molecule has 6 amide bonds. The molecule has 0 bridgehead atoms. The number of amides is 6. The molecule has 2 saturated heterocycles. The molecule has 82 heavy (non-hydrogen) atoms. The zero-order chi connectivity index (χ0) is 57.7. The van der Waals surface area contributed by atoms with E-state index in [0.29, 0.717) is 74.6 Å². The van der Waals surface area contributed by atoms with Crippen LogP contribution in [0.1, 0.15) is 129 Å². The van der Waals surface area contributed by atoms with Gasteiger partial charge in [-0.25, -0.2) is 4.79 Å². The Morgan fingerprint density at radius 2 is 1.37 bits per heavy atom. The summed E-state index contributed by atoms with van der Waals surface area (Å²) in [6, 6.07) is 34.7. The van der Waals surface area contributed by atoms with Crippen LogP contribution < -0.4 is 26.6 Å². The van der Waals surface area contributed by atoms with Crippen LogP contribution in [0, 0.1) is 5.92 Å². The second-order valence-corrected chi connectivity index (χ2v) is 22.0. The summed E-state index contributed by atoms with van der Waals surface area (Å²) in [6.07, 6.45) is 6.77. The third kappa shape index (κ3) is 13.8. The van der Waals surface area contributed by atoms with Gasteiger partial charge in [0.05, 0.1) is 0 Å². The monoisotopic (exact) mass is 1110 g/mol. The number of nitrogens with one attached hydrogen (secondary N) is 5. The number of hydrogen-bond donors (Lipinski definition) is 5. The summed E-state index contributed by atoms with van der Waals surface area (Å²) < 4.78 is 7.88. The normalized spacial score (nSPS) is 19.0. The van der Waals surface area contributed by atoms with Crippen molar-refractivity contribution in [1.29, 1.82) is 0 Å². The molecular weight excluding hydrogens is 1030 g/mol. The van der Waals surface area contributed by atoms with Gasteiger partial charge in [0, 0.05) is 79.5 Å². The van der Waals surface area contributed by atoms with Gasteiger partial charge in [-0.05, 0) is 77.5 Å². The first kappa shape index (κ1) is 58.3. The van der Waals surface area contributed by atoms with Crippen LogP contribution in [0.4, 0.5) is 4.79 Å². The average Bonchev–Trinajstić information content (AvgIpc) is 4.17. The Hall–Kier alpha value is -8.40. The molecular formula is C66H75N7O9. The summed E-state index contributed by atoms with van der Waals surface area (Å²) in [5.41, 5.74) is 7.55. The van der Waals surface area contributed by atoms with Crippen LogP contribution in [0.2, 0.25) is 0 Å².